The number of benzene rings is 2. The fourth-order valence-electron chi connectivity index (χ4n) is 3.14. The molecule has 2 aromatic rings. The van der Waals surface area contributed by atoms with E-state index in [2.05, 4.69) is 5.32 Å². The highest BCUT2D eigenvalue weighted by molar-refractivity contribution is 5.77. The summed E-state index contributed by atoms with van der Waals surface area (Å²) in [6.45, 7) is 4.27. The van der Waals surface area contributed by atoms with Crippen LogP contribution in [0.5, 0.6) is 5.75 Å². The van der Waals surface area contributed by atoms with Crippen LogP contribution in [-0.2, 0) is 16.6 Å². The molecule has 0 aromatic heterocycles. The molecule has 2 aromatic carbocycles. The van der Waals surface area contributed by atoms with E-state index in [4.69, 9.17) is 0 Å². The van der Waals surface area contributed by atoms with Crippen LogP contribution in [0.3, 0.4) is 0 Å². The molecular weight excluding hydrogens is 362 g/mol. The molecule has 0 saturated heterocycles. The predicted octanol–water partition coefficient (Wildman–Crippen LogP) is 3.63. The quantitative estimate of drug-likeness (QED) is 0.724. The van der Waals surface area contributed by atoms with Gasteiger partial charge in [0, 0.05) is 36.7 Å². The van der Waals surface area contributed by atoms with E-state index in [0.29, 0.717) is 6.42 Å². The van der Waals surface area contributed by atoms with Gasteiger partial charge in [-0.2, -0.15) is 0 Å². The predicted molar refractivity (Wildman–Crippen MR) is 106 cm³/mol. The number of carbonyl (C=O) groups excluding carboxylic acids is 1. The van der Waals surface area contributed by atoms with Crippen molar-refractivity contribution in [2.45, 2.75) is 38.1 Å². The number of halogens is 2. The molecule has 2 rings (SSSR count). The SMILES string of the molecule is CN(C)[C@H](CNC(=O)CC(C)(C)c1ccccc1)Cc1c(F)cc(O)cc1F. The number of hydrogen-bond donors (Lipinski definition) is 2. The Morgan fingerprint density at radius 1 is 1.14 bits per heavy atom. The lowest BCUT2D eigenvalue weighted by molar-refractivity contribution is -0.122. The Morgan fingerprint density at radius 3 is 2.25 bits per heavy atom. The molecule has 6 heteroatoms. The van der Waals surface area contributed by atoms with Gasteiger partial charge in [0.15, 0.2) is 0 Å². The van der Waals surface area contributed by atoms with Crippen LogP contribution in [0, 0.1) is 11.6 Å². The monoisotopic (exact) mass is 390 g/mol. The highest BCUT2D eigenvalue weighted by atomic mass is 19.1. The number of amides is 1. The van der Waals surface area contributed by atoms with Crippen LogP contribution in [0.1, 0.15) is 31.4 Å². The zero-order valence-electron chi connectivity index (χ0n) is 16.8. The summed E-state index contributed by atoms with van der Waals surface area (Å²) in [6.07, 6.45) is 0.381. The number of likely N-dealkylation sites (N-methyl/N-ethyl adjacent to an activating group) is 1. The van der Waals surface area contributed by atoms with Crippen molar-refractivity contribution in [1.82, 2.24) is 10.2 Å². The van der Waals surface area contributed by atoms with Gasteiger partial charge in [-0.1, -0.05) is 44.2 Å². The Morgan fingerprint density at radius 2 is 1.71 bits per heavy atom. The van der Waals surface area contributed by atoms with Crippen molar-refractivity contribution in [3.63, 3.8) is 0 Å². The zero-order valence-corrected chi connectivity index (χ0v) is 16.8. The molecule has 4 nitrogen and oxygen atoms in total. The van der Waals surface area contributed by atoms with Crippen molar-refractivity contribution in [2.75, 3.05) is 20.6 Å². The molecule has 0 spiro atoms. The Balaban J connectivity index is 2.01. The van der Waals surface area contributed by atoms with Gasteiger partial charge in [0.2, 0.25) is 5.91 Å². The minimum Gasteiger partial charge on any atom is -0.508 e. The summed E-state index contributed by atoms with van der Waals surface area (Å²) in [5.41, 5.74) is 0.645. The number of hydrogen-bond acceptors (Lipinski definition) is 3. The first-order valence-electron chi connectivity index (χ1n) is 9.25. The zero-order chi connectivity index (χ0) is 20.9. The van der Waals surface area contributed by atoms with Crippen molar-refractivity contribution in [3.8, 4) is 5.75 Å². The smallest absolute Gasteiger partial charge is 0.220 e. The third-order valence-corrected chi connectivity index (χ3v) is 4.99. The summed E-state index contributed by atoms with van der Waals surface area (Å²) in [5, 5.41) is 12.2. The number of aromatic hydroxyl groups is 1. The molecule has 0 radical (unpaired) electrons. The van der Waals surface area contributed by atoms with E-state index >= 15 is 0 Å². The van der Waals surface area contributed by atoms with E-state index < -0.39 is 17.4 Å². The van der Waals surface area contributed by atoms with Crippen molar-refractivity contribution >= 4 is 5.91 Å². The second-order valence-electron chi connectivity index (χ2n) is 7.94. The molecule has 0 fully saturated rings. The normalized spacial score (nSPS) is 12.8. The molecular formula is C22H28F2N2O2. The Bertz CT molecular complexity index is 784. The third-order valence-electron chi connectivity index (χ3n) is 4.99. The highest BCUT2D eigenvalue weighted by Gasteiger charge is 2.25. The summed E-state index contributed by atoms with van der Waals surface area (Å²) in [6, 6.07) is 11.3. The van der Waals surface area contributed by atoms with E-state index in [0.717, 1.165) is 17.7 Å². The lowest BCUT2D eigenvalue weighted by Gasteiger charge is -2.27. The summed E-state index contributed by atoms with van der Waals surface area (Å²) >= 11 is 0. The molecule has 2 N–H and O–H groups in total. The molecule has 1 atom stereocenters. The average molecular weight is 390 g/mol. The summed E-state index contributed by atoms with van der Waals surface area (Å²) in [4.78, 5) is 14.3. The second kappa shape index (κ2) is 9.15. The molecule has 0 saturated carbocycles. The van der Waals surface area contributed by atoms with Crippen LogP contribution in [0.15, 0.2) is 42.5 Å². The maximum absolute atomic E-state index is 14.0. The number of phenolic OH excluding ortho intramolecular Hbond substituents is 1. The maximum atomic E-state index is 14.0. The Labute approximate surface area is 165 Å². The standard InChI is InChI=1S/C22H28F2N2O2/c1-22(2,15-8-6-5-7-9-15)13-21(28)25-14-16(26(3)4)10-18-19(23)11-17(27)12-20(18)24/h5-9,11-12,16,27H,10,13-14H2,1-4H3,(H,25,28)/t16-/m0/s1. The number of carbonyl (C=O) groups is 1. The van der Waals surface area contributed by atoms with Crippen molar-refractivity contribution < 1.29 is 18.7 Å². The number of nitrogens with zero attached hydrogens (tertiary/aromatic N) is 1. The number of nitrogens with one attached hydrogen (secondary N) is 1. The van der Waals surface area contributed by atoms with E-state index in [1.54, 1.807) is 14.1 Å². The van der Waals surface area contributed by atoms with Crippen LogP contribution >= 0.6 is 0 Å². The number of rotatable bonds is 8. The summed E-state index contributed by atoms with van der Waals surface area (Å²) in [7, 11) is 3.59. The fourth-order valence-corrected chi connectivity index (χ4v) is 3.14. The van der Waals surface area contributed by atoms with Gasteiger partial charge in [-0.3, -0.25) is 4.79 Å². The summed E-state index contributed by atoms with van der Waals surface area (Å²) < 4.78 is 28.1. The van der Waals surface area contributed by atoms with Gasteiger partial charge in [-0.15, -0.1) is 0 Å². The van der Waals surface area contributed by atoms with E-state index in [9.17, 15) is 18.7 Å². The van der Waals surface area contributed by atoms with Crippen LogP contribution in [-0.4, -0.2) is 42.6 Å². The first-order chi connectivity index (χ1) is 13.1. The lowest BCUT2D eigenvalue weighted by atomic mass is 9.81. The largest absolute Gasteiger partial charge is 0.508 e. The second-order valence-corrected chi connectivity index (χ2v) is 7.94. The maximum Gasteiger partial charge on any atom is 0.220 e. The summed E-state index contributed by atoms with van der Waals surface area (Å²) in [5.74, 6) is -2.15. The van der Waals surface area contributed by atoms with Gasteiger partial charge < -0.3 is 15.3 Å². The average Bonchev–Trinajstić information content (AvgIpc) is 2.60. The van der Waals surface area contributed by atoms with Crippen LogP contribution in [0.2, 0.25) is 0 Å². The fraction of sp³-hybridized carbons (Fsp3) is 0.409. The molecule has 28 heavy (non-hydrogen) atoms. The topological polar surface area (TPSA) is 52.6 Å². The van der Waals surface area contributed by atoms with Gasteiger partial charge >= 0.3 is 0 Å². The highest BCUT2D eigenvalue weighted by Crippen LogP contribution is 2.26. The van der Waals surface area contributed by atoms with Crippen molar-refractivity contribution in [1.29, 1.82) is 0 Å². The van der Waals surface area contributed by atoms with Gasteiger partial charge in [-0.05, 0) is 31.5 Å². The molecule has 0 aliphatic carbocycles. The molecule has 152 valence electrons. The molecule has 0 heterocycles. The lowest BCUT2D eigenvalue weighted by Crippen LogP contribution is -2.43. The Hall–Kier alpha value is -2.47. The minimum absolute atomic E-state index is 0.0767. The first-order valence-corrected chi connectivity index (χ1v) is 9.25. The van der Waals surface area contributed by atoms with E-state index in [1.165, 1.54) is 0 Å². The van der Waals surface area contributed by atoms with Gasteiger partial charge in [0.05, 0.1) is 0 Å². The molecule has 1 amide bonds. The van der Waals surface area contributed by atoms with Gasteiger partial charge in [0.25, 0.3) is 0 Å². The van der Waals surface area contributed by atoms with Crippen LogP contribution in [0.4, 0.5) is 8.78 Å². The third kappa shape index (κ3) is 5.76. The Kier molecular flexibility index (Phi) is 7.13. The van der Waals surface area contributed by atoms with Crippen molar-refractivity contribution in [2.24, 2.45) is 0 Å². The first kappa shape index (κ1) is 21.8. The van der Waals surface area contributed by atoms with Gasteiger partial charge in [-0.25, -0.2) is 8.78 Å². The molecule has 0 unspecified atom stereocenters. The van der Waals surface area contributed by atoms with Gasteiger partial charge in [0.1, 0.15) is 17.4 Å². The minimum atomic E-state index is -0.791. The molecule has 0 bridgehead atoms. The molecule has 0 aliphatic rings. The number of phenols is 1. The van der Waals surface area contributed by atoms with Crippen molar-refractivity contribution in [3.05, 3.63) is 65.2 Å². The van der Waals surface area contributed by atoms with E-state index in [1.807, 2.05) is 49.1 Å². The van der Waals surface area contributed by atoms with Crippen LogP contribution in [0.25, 0.3) is 0 Å². The molecule has 0 aliphatic heterocycles. The van der Waals surface area contributed by atoms with Crippen LogP contribution < -0.4 is 5.32 Å². The van der Waals surface area contributed by atoms with E-state index in [-0.39, 0.29) is 35.9 Å².